The summed E-state index contributed by atoms with van der Waals surface area (Å²) in [4.78, 5) is 18.4. The summed E-state index contributed by atoms with van der Waals surface area (Å²) in [6.07, 6.45) is 2.21. The maximum atomic E-state index is 12.4. The minimum absolute atomic E-state index is 0.0818. The normalized spacial score (nSPS) is 14.2. The van der Waals surface area contributed by atoms with E-state index in [2.05, 4.69) is 36.4 Å². The molecule has 0 saturated heterocycles. The molecule has 150 valence electrons. The van der Waals surface area contributed by atoms with Crippen molar-refractivity contribution < 1.29 is 13.2 Å². The lowest BCUT2D eigenvalue weighted by Gasteiger charge is -2.28. The van der Waals surface area contributed by atoms with Crippen molar-refractivity contribution in [2.75, 3.05) is 23.1 Å². The molecule has 0 saturated carbocycles. The van der Waals surface area contributed by atoms with Crippen LogP contribution in [-0.4, -0.2) is 41.7 Å². The van der Waals surface area contributed by atoms with Crippen LogP contribution < -0.4 is 10.0 Å². The number of fused-ring (bicyclic) bond motifs is 1. The minimum atomic E-state index is -3.74. The van der Waals surface area contributed by atoms with Crippen LogP contribution in [0, 0.1) is 0 Å². The number of nitrogens with zero attached hydrogens (tertiary/aromatic N) is 3. The Kier molecular flexibility index (Phi) is 5.56. The molecule has 1 amide bonds. The molecule has 3 aromatic rings. The summed E-state index contributed by atoms with van der Waals surface area (Å²) in [5.74, 6) is -0.132. The predicted octanol–water partition coefficient (Wildman–Crippen LogP) is 2.34. The van der Waals surface area contributed by atoms with Crippen LogP contribution in [0.3, 0.4) is 0 Å². The molecule has 1 aromatic heterocycles. The summed E-state index contributed by atoms with van der Waals surface area (Å²) in [6.45, 7) is 1.87. The van der Waals surface area contributed by atoms with Crippen molar-refractivity contribution in [3.8, 4) is 0 Å². The molecule has 0 fully saturated rings. The minimum Gasteiger partial charge on any atom is -0.325 e. The van der Waals surface area contributed by atoms with Crippen LogP contribution in [0.4, 0.5) is 10.8 Å². The maximum absolute atomic E-state index is 12.4. The second-order valence-electron chi connectivity index (χ2n) is 6.65. The SMILES string of the molecule is O=C(CN1CCc2ccccc2C1)Nc1ccc(S(=O)(=O)Nc2ncns2)cc1. The third-order valence-electron chi connectivity index (χ3n) is 4.61. The Hall–Kier alpha value is -2.82. The first-order valence-electron chi connectivity index (χ1n) is 8.98. The molecule has 8 nitrogen and oxygen atoms in total. The molecule has 2 N–H and O–H groups in total. The maximum Gasteiger partial charge on any atom is 0.263 e. The van der Waals surface area contributed by atoms with Gasteiger partial charge in [-0.05, 0) is 41.8 Å². The van der Waals surface area contributed by atoms with E-state index in [4.69, 9.17) is 0 Å². The number of rotatable bonds is 6. The van der Waals surface area contributed by atoms with E-state index in [0.717, 1.165) is 31.0 Å². The highest BCUT2D eigenvalue weighted by molar-refractivity contribution is 7.93. The average molecular weight is 430 g/mol. The third-order valence-corrected chi connectivity index (χ3v) is 6.67. The highest BCUT2D eigenvalue weighted by atomic mass is 32.2. The molecule has 10 heteroatoms. The van der Waals surface area contributed by atoms with E-state index in [1.807, 2.05) is 12.1 Å². The fraction of sp³-hybridized carbons (Fsp3) is 0.211. The number of anilines is 2. The summed E-state index contributed by atoms with van der Waals surface area (Å²) in [5.41, 5.74) is 3.13. The molecular formula is C19H19N5O3S2. The van der Waals surface area contributed by atoms with Crippen LogP contribution in [0.5, 0.6) is 0 Å². The fourth-order valence-corrected chi connectivity index (χ4v) is 4.86. The van der Waals surface area contributed by atoms with Crippen molar-refractivity contribution >= 4 is 38.3 Å². The van der Waals surface area contributed by atoms with E-state index in [1.165, 1.54) is 29.6 Å². The molecule has 2 heterocycles. The number of carbonyl (C=O) groups excluding carboxylic acids is 1. The molecule has 29 heavy (non-hydrogen) atoms. The second kappa shape index (κ2) is 8.27. The molecular weight excluding hydrogens is 410 g/mol. The van der Waals surface area contributed by atoms with Gasteiger partial charge in [-0.1, -0.05) is 24.3 Å². The Morgan fingerprint density at radius 3 is 2.59 bits per heavy atom. The Morgan fingerprint density at radius 1 is 1.10 bits per heavy atom. The third kappa shape index (κ3) is 4.78. The summed E-state index contributed by atoms with van der Waals surface area (Å²) >= 11 is 0.955. The molecule has 0 spiro atoms. The summed E-state index contributed by atoms with van der Waals surface area (Å²) in [5, 5.41) is 3.02. The van der Waals surface area contributed by atoms with Crippen LogP contribution in [0.25, 0.3) is 0 Å². The van der Waals surface area contributed by atoms with Crippen molar-refractivity contribution in [3.05, 3.63) is 66.0 Å². The van der Waals surface area contributed by atoms with Gasteiger partial charge in [0.1, 0.15) is 6.33 Å². The van der Waals surface area contributed by atoms with Crippen LogP contribution in [0.1, 0.15) is 11.1 Å². The molecule has 0 atom stereocenters. The van der Waals surface area contributed by atoms with Gasteiger partial charge in [0.15, 0.2) is 0 Å². The number of hydrogen-bond acceptors (Lipinski definition) is 7. The number of aromatic nitrogens is 2. The van der Waals surface area contributed by atoms with Crippen molar-refractivity contribution in [1.29, 1.82) is 0 Å². The van der Waals surface area contributed by atoms with Crippen LogP contribution >= 0.6 is 11.5 Å². The first-order valence-corrected chi connectivity index (χ1v) is 11.2. The van der Waals surface area contributed by atoms with Crippen LogP contribution in [0.15, 0.2) is 59.8 Å². The van der Waals surface area contributed by atoms with Crippen LogP contribution in [0.2, 0.25) is 0 Å². The van der Waals surface area contributed by atoms with Gasteiger partial charge in [0.2, 0.25) is 11.0 Å². The highest BCUT2D eigenvalue weighted by Gasteiger charge is 2.19. The quantitative estimate of drug-likeness (QED) is 0.623. The number of carbonyl (C=O) groups is 1. The molecule has 0 aliphatic carbocycles. The lowest BCUT2D eigenvalue weighted by Crippen LogP contribution is -2.37. The summed E-state index contributed by atoms with van der Waals surface area (Å²) in [6, 6.07) is 14.3. The summed E-state index contributed by atoms with van der Waals surface area (Å²) in [7, 11) is -3.74. The molecule has 0 unspecified atom stereocenters. The van der Waals surface area contributed by atoms with Gasteiger partial charge in [-0.3, -0.25) is 14.4 Å². The zero-order valence-electron chi connectivity index (χ0n) is 15.4. The van der Waals surface area contributed by atoms with Crippen molar-refractivity contribution in [1.82, 2.24) is 14.3 Å². The van der Waals surface area contributed by atoms with Gasteiger partial charge in [0, 0.05) is 30.3 Å². The zero-order valence-corrected chi connectivity index (χ0v) is 17.0. The van der Waals surface area contributed by atoms with Crippen molar-refractivity contribution in [2.45, 2.75) is 17.9 Å². The zero-order chi connectivity index (χ0) is 20.3. The summed E-state index contributed by atoms with van der Waals surface area (Å²) < 4.78 is 30.8. The topological polar surface area (TPSA) is 104 Å². The van der Waals surface area contributed by atoms with E-state index in [-0.39, 0.29) is 22.5 Å². The van der Waals surface area contributed by atoms with E-state index >= 15 is 0 Å². The first kappa shape index (κ1) is 19.5. The van der Waals surface area contributed by atoms with Crippen molar-refractivity contribution in [3.63, 3.8) is 0 Å². The lowest BCUT2D eigenvalue weighted by atomic mass is 10.00. The number of amides is 1. The molecule has 1 aliphatic heterocycles. The smallest absolute Gasteiger partial charge is 0.263 e. The molecule has 4 rings (SSSR count). The standard InChI is InChI=1S/C19H19N5O3S2/c25-18(12-24-10-9-14-3-1-2-4-15(14)11-24)22-16-5-7-17(8-6-16)29(26,27)23-19-20-13-21-28-19/h1-8,13H,9-12H2,(H,22,25)(H,20,21,23). The van der Waals surface area contributed by atoms with Gasteiger partial charge < -0.3 is 5.32 Å². The highest BCUT2D eigenvalue weighted by Crippen LogP contribution is 2.20. The van der Waals surface area contributed by atoms with Gasteiger partial charge in [-0.25, -0.2) is 13.4 Å². The van der Waals surface area contributed by atoms with E-state index in [0.29, 0.717) is 5.69 Å². The monoisotopic (exact) mass is 429 g/mol. The Labute approximate surface area is 172 Å². The van der Waals surface area contributed by atoms with Gasteiger partial charge in [0.05, 0.1) is 11.4 Å². The van der Waals surface area contributed by atoms with Gasteiger partial charge in [-0.2, -0.15) is 4.37 Å². The second-order valence-corrected chi connectivity index (χ2v) is 9.12. The Balaban J connectivity index is 1.34. The van der Waals surface area contributed by atoms with E-state index < -0.39 is 10.0 Å². The Morgan fingerprint density at radius 2 is 1.86 bits per heavy atom. The van der Waals surface area contributed by atoms with Crippen molar-refractivity contribution in [2.24, 2.45) is 0 Å². The van der Waals surface area contributed by atoms with E-state index in [9.17, 15) is 13.2 Å². The molecule has 0 bridgehead atoms. The number of sulfonamides is 1. The van der Waals surface area contributed by atoms with Gasteiger partial charge >= 0.3 is 0 Å². The fourth-order valence-electron chi connectivity index (χ4n) is 3.20. The van der Waals surface area contributed by atoms with E-state index in [1.54, 1.807) is 12.1 Å². The van der Waals surface area contributed by atoms with Gasteiger partial charge in [0.25, 0.3) is 10.0 Å². The molecule has 0 radical (unpaired) electrons. The Bertz CT molecular complexity index is 1100. The average Bonchev–Trinajstić information content (AvgIpc) is 3.20. The number of nitrogens with one attached hydrogen (secondary N) is 2. The first-order chi connectivity index (χ1) is 14.0. The molecule has 1 aliphatic rings. The largest absolute Gasteiger partial charge is 0.325 e. The van der Waals surface area contributed by atoms with Gasteiger partial charge in [-0.15, -0.1) is 0 Å². The predicted molar refractivity (Wildman–Crippen MR) is 111 cm³/mol. The lowest BCUT2D eigenvalue weighted by molar-refractivity contribution is -0.117. The number of hydrogen-bond donors (Lipinski definition) is 2. The molecule has 2 aromatic carbocycles. The van der Waals surface area contributed by atoms with Crippen LogP contribution in [-0.2, 0) is 27.8 Å². The number of benzene rings is 2.